The van der Waals surface area contributed by atoms with E-state index in [9.17, 15) is 9.59 Å². The fourth-order valence-electron chi connectivity index (χ4n) is 2.78. The van der Waals surface area contributed by atoms with Gasteiger partial charge in [0.15, 0.2) is 0 Å². The van der Waals surface area contributed by atoms with E-state index in [-0.39, 0.29) is 11.8 Å². The Kier molecular flexibility index (Phi) is 4.28. The number of imide groups is 1. The number of methoxy groups -OCH3 is 1. The molecule has 0 atom stereocenters. The molecule has 0 unspecified atom stereocenters. The van der Waals surface area contributed by atoms with Crippen LogP contribution >= 0.6 is 0 Å². The Labute approximate surface area is 134 Å². The van der Waals surface area contributed by atoms with Crippen molar-refractivity contribution in [2.75, 3.05) is 19.0 Å². The van der Waals surface area contributed by atoms with E-state index in [4.69, 9.17) is 4.74 Å². The number of carbonyl (C=O) groups is 2. The van der Waals surface area contributed by atoms with Crippen LogP contribution in [0.1, 0.15) is 32.7 Å². The highest BCUT2D eigenvalue weighted by atomic mass is 16.5. The maximum Gasteiger partial charge on any atom is 0.261 e. The zero-order chi connectivity index (χ0) is 16.2. The molecule has 0 spiro atoms. The van der Waals surface area contributed by atoms with E-state index < -0.39 is 0 Å². The van der Waals surface area contributed by atoms with Crippen LogP contribution in [0.2, 0.25) is 0 Å². The van der Waals surface area contributed by atoms with Crippen LogP contribution in [0.3, 0.4) is 0 Å². The van der Waals surface area contributed by atoms with Gasteiger partial charge in [-0.05, 0) is 36.6 Å². The van der Waals surface area contributed by atoms with Gasteiger partial charge in [-0.25, -0.2) is 0 Å². The molecule has 23 heavy (non-hydrogen) atoms. The largest absolute Gasteiger partial charge is 0.496 e. The van der Waals surface area contributed by atoms with E-state index in [1.807, 2.05) is 30.3 Å². The van der Waals surface area contributed by atoms with Crippen LogP contribution < -0.4 is 15.4 Å². The van der Waals surface area contributed by atoms with Crippen LogP contribution in [0.15, 0.2) is 42.5 Å². The second kappa shape index (κ2) is 6.52. The lowest BCUT2D eigenvalue weighted by molar-refractivity contribution is 0.0880. The SMILES string of the molecule is COc1ccccc1CCCNc1cccc2c1C(=O)NC2=O. The van der Waals surface area contributed by atoms with Crippen molar-refractivity contribution in [2.45, 2.75) is 12.8 Å². The molecule has 0 fully saturated rings. The Balaban J connectivity index is 1.62. The fourth-order valence-corrected chi connectivity index (χ4v) is 2.78. The molecule has 5 heteroatoms. The number of hydrogen-bond donors (Lipinski definition) is 2. The summed E-state index contributed by atoms with van der Waals surface area (Å²) in [5, 5.41) is 5.57. The van der Waals surface area contributed by atoms with Crippen molar-refractivity contribution < 1.29 is 14.3 Å². The molecule has 1 aliphatic rings. The minimum atomic E-state index is -0.335. The first kappa shape index (κ1) is 15.1. The molecule has 2 aromatic carbocycles. The molecule has 1 heterocycles. The number of rotatable bonds is 6. The lowest BCUT2D eigenvalue weighted by atomic mass is 10.1. The third kappa shape index (κ3) is 3.04. The molecule has 2 N–H and O–H groups in total. The van der Waals surface area contributed by atoms with Gasteiger partial charge in [0.2, 0.25) is 0 Å². The summed E-state index contributed by atoms with van der Waals surface area (Å²) in [7, 11) is 1.67. The Morgan fingerprint density at radius 3 is 2.70 bits per heavy atom. The fraction of sp³-hybridized carbons (Fsp3) is 0.222. The van der Waals surface area contributed by atoms with Crippen LogP contribution in [-0.4, -0.2) is 25.5 Å². The molecule has 0 aromatic heterocycles. The lowest BCUT2D eigenvalue weighted by Gasteiger charge is -2.11. The molecule has 0 bridgehead atoms. The van der Waals surface area contributed by atoms with E-state index in [0.717, 1.165) is 24.2 Å². The molecule has 2 aromatic rings. The predicted molar refractivity (Wildman–Crippen MR) is 88.0 cm³/mol. The van der Waals surface area contributed by atoms with Gasteiger partial charge in [0.25, 0.3) is 11.8 Å². The molecule has 3 rings (SSSR count). The standard InChI is InChI=1S/C18H18N2O3/c1-23-15-10-3-2-6-12(15)7-5-11-19-14-9-4-8-13-16(14)18(22)20-17(13)21/h2-4,6,8-10,19H,5,7,11H2,1H3,(H,20,21,22). The highest BCUT2D eigenvalue weighted by Crippen LogP contribution is 2.24. The maximum atomic E-state index is 11.8. The highest BCUT2D eigenvalue weighted by molar-refractivity contribution is 6.23. The molecule has 2 amide bonds. The first-order chi connectivity index (χ1) is 11.2. The summed E-state index contributed by atoms with van der Waals surface area (Å²) < 4.78 is 5.34. The molecular formula is C18H18N2O3. The monoisotopic (exact) mass is 310 g/mol. The van der Waals surface area contributed by atoms with Crippen LogP contribution in [0.5, 0.6) is 5.75 Å². The summed E-state index contributed by atoms with van der Waals surface area (Å²) in [5.74, 6) is 0.221. The van der Waals surface area contributed by atoms with E-state index in [1.165, 1.54) is 0 Å². The predicted octanol–water partition coefficient (Wildman–Crippen LogP) is 2.62. The summed E-state index contributed by atoms with van der Waals surface area (Å²) in [6.07, 6.45) is 1.76. The quantitative estimate of drug-likeness (QED) is 0.636. The van der Waals surface area contributed by atoms with E-state index in [0.29, 0.717) is 23.4 Å². The third-order valence-electron chi connectivity index (χ3n) is 3.89. The molecule has 5 nitrogen and oxygen atoms in total. The smallest absolute Gasteiger partial charge is 0.261 e. The second-order valence-electron chi connectivity index (χ2n) is 5.35. The van der Waals surface area contributed by atoms with Crippen LogP contribution in [0.4, 0.5) is 5.69 Å². The zero-order valence-corrected chi connectivity index (χ0v) is 12.9. The Hall–Kier alpha value is -2.82. The van der Waals surface area contributed by atoms with Gasteiger partial charge in [-0.1, -0.05) is 24.3 Å². The molecule has 0 saturated carbocycles. The summed E-state index contributed by atoms with van der Waals surface area (Å²) in [4.78, 5) is 23.5. The van der Waals surface area contributed by atoms with E-state index in [1.54, 1.807) is 19.2 Å². The summed E-state index contributed by atoms with van der Waals surface area (Å²) in [6, 6.07) is 13.2. The third-order valence-corrected chi connectivity index (χ3v) is 3.89. The number of benzene rings is 2. The number of hydrogen-bond acceptors (Lipinski definition) is 4. The van der Waals surface area contributed by atoms with Gasteiger partial charge in [-0.2, -0.15) is 0 Å². The van der Waals surface area contributed by atoms with Crippen molar-refractivity contribution >= 4 is 17.5 Å². The van der Waals surface area contributed by atoms with Crippen LogP contribution in [-0.2, 0) is 6.42 Å². The van der Waals surface area contributed by atoms with Gasteiger partial charge in [-0.3, -0.25) is 14.9 Å². The first-order valence-electron chi connectivity index (χ1n) is 7.55. The average Bonchev–Trinajstić information content (AvgIpc) is 2.87. The number of anilines is 1. The van der Waals surface area contributed by atoms with Gasteiger partial charge in [-0.15, -0.1) is 0 Å². The van der Waals surface area contributed by atoms with E-state index in [2.05, 4.69) is 10.6 Å². The van der Waals surface area contributed by atoms with Crippen molar-refractivity contribution in [3.63, 3.8) is 0 Å². The van der Waals surface area contributed by atoms with Crippen molar-refractivity contribution in [3.05, 3.63) is 59.2 Å². The van der Waals surface area contributed by atoms with E-state index >= 15 is 0 Å². The number of para-hydroxylation sites is 1. The van der Waals surface area contributed by atoms with Gasteiger partial charge in [0.1, 0.15) is 5.75 Å². The first-order valence-corrected chi connectivity index (χ1v) is 7.55. The molecule has 118 valence electrons. The number of ether oxygens (including phenoxy) is 1. The average molecular weight is 310 g/mol. The number of carbonyl (C=O) groups excluding carboxylic acids is 2. The topological polar surface area (TPSA) is 67.4 Å². The molecule has 1 aliphatic heterocycles. The molecule has 0 aliphatic carbocycles. The lowest BCUT2D eigenvalue weighted by Crippen LogP contribution is -2.20. The highest BCUT2D eigenvalue weighted by Gasteiger charge is 2.28. The van der Waals surface area contributed by atoms with Crippen LogP contribution in [0.25, 0.3) is 0 Å². The minimum Gasteiger partial charge on any atom is -0.496 e. The number of amides is 2. The summed E-state index contributed by atoms with van der Waals surface area (Å²) in [5.41, 5.74) is 2.73. The van der Waals surface area contributed by atoms with Crippen molar-refractivity contribution in [1.82, 2.24) is 5.32 Å². The number of aryl methyl sites for hydroxylation is 1. The normalized spacial score (nSPS) is 12.7. The van der Waals surface area contributed by atoms with Gasteiger partial charge < -0.3 is 10.1 Å². The number of nitrogens with one attached hydrogen (secondary N) is 2. The molecular weight excluding hydrogens is 292 g/mol. The summed E-state index contributed by atoms with van der Waals surface area (Å²) >= 11 is 0. The van der Waals surface area contributed by atoms with Gasteiger partial charge in [0.05, 0.1) is 18.2 Å². The maximum absolute atomic E-state index is 11.8. The Morgan fingerprint density at radius 2 is 1.87 bits per heavy atom. The van der Waals surface area contributed by atoms with Crippen molar-refractivity contribution in [3.8, 4) is 5.75 Å². The zero-order valence-electron chi connectivity index (χ0n) is 12.9. The molecule has 0 saturated heterocycles. The summed E-state index contributed by atoms with van der Waals surface area (Å²) in [6.45, 7) is 0.704. The molecule has 0 radical (unpaired) electrons. The van der Waals surface area contributed by atoms with Crippen molar-refractivity contribution in [1.29, 1.82) is 0 Å². The Morgan fingerprint density at radius 1 is 1.04 bits per heavy atom. The minimum absolute atomic E-state index is 0.331. The van der Waals surface area contributed by atoms with Crippen molar-refractivity contribution in [2.24, 2.45) is 0 Å². The Bertz CT molecular complexity index is 756. The van der Waals surface area contributed by atoms with Crippen LogP contribution in [0, 0.1) is 0 Å². The van der Waals surface area contributed by atoms with Gasteiger partial charge in [0, 0.05) is 12.2 Å². The second-order valence-corrected chi connectivity index (χ2v) is 5.35. The number of fused-ring (bicyclic) bond motifs is 1. The van der Waals surface area contributed by atoms with Gasteiger partial charge >= 0.3 is 0 Å².